The molecule has 1 aliphatic heterocycles. The number of nitrogens with zero attached hydrogens (tertiary/aromatic N) is 2. The average Bonchev–Trinajstić information content (AvgIpc) is 2.53. The molecule has 0 spiro atoms. The van der Waals surface area contributed by atoms with E-state index in [1.807, 2.05) is 22.6 Å². The number of hydrogen-bond acceptors (Lipinski definition) is 3. The first-order valence-corrected chi connectivity index (χ1v) is 7.41. The van der Waals surface area contributed by atoms with Crippen molar-refractivity contribution < 1.29 is 18.7 Å². The zero-order chi connectivity index (χ0) is 14.9. The minimum absolute atomic E-state index is 0.0743. The van der Waals surface area contributed by atoms with Gasteiger partial charge in [-0.2, -0.15) is 0 Å². The van der Waals surface area contributed by atoms with E-state index in [1.165, 1.54) is 0 Å². The summed E-state index contributed by atoms with van der Waals surface area (Å²) >= 11 is 2.02. The number of halogens is 3. The second-order valence-electron chi connectivity index (χ2n) is 4.93. The predicted molar refractivity (Wildman–Crippen MR) is 79.7 cm³/mol. The van der Waals surface area contributed by atoms with Gasteiger partial charge in [0, 0.05) is 29.5 Å². The summed E-state index contributed by atoms with van der Waals surface area (Å²) in [5.41, 5.74) is 0.784. The summed E-state index contributed by atoms with van der Waals surface area (Å²) in [6.45, 7) is 2.31. The van der Waals surface area contributed by atoms with Crippen molar-refractivity contribution in [3.63, 3.8) is 0 Å². The molecular formula is C13H15F2IN2O2. The lowest BCUT2D eigenvalue weighted by Crippen LogP contribution is -2.28. The summed E-state index contributed by atoms with van der Waals surface area (Å²) in [6, 6.07) is 1.55. The number of carboxylic acids is 1. The van der Waals surface area contributed by atoms with Crippen LogP contribution in [-0.2, 0) is 0 Å². The highest BCUT2D eigenvalue weighted by atomic mass is 127. The van der Waals surface area contributed by atoms with Crippen molar-refractivity contribution >= 4 is 34.4 Å². The number of pyridine rings is 1. The van der Waals surface area contributed by atoms with E-state index in [9.17, 15) is 18.7 Å². The van der Waals surface area contributed by atoms with Crippen LogP contribution in [0.2, 0.25) is 0 Å². The van der Waals surface area contributed by atoms with E-state index in [0.29, 0.717) is 24.5 Å². The number of alkyl halides is 2. The van der Waals surface area contributed by atoms with Gasteiger partial charge < -0.3 is 10.0 Å². The van der Waals surface area contributed by atoms with Gasteiger partial charge in [0.25, 0.3) is 0 Å². The molecule has 2 rings (SSSR count). The molecule has 1 aromatic rings. The van der Waals surface area contributed by atoms with Crippen LogP contribution in [0.15, 0.2) is 6.07 Å². The maximum Gasteiger partial charge on any atom is 0.339 e. The highest BCUT2D eigenvalue weighted by Gasteiger charge is 2.33. The molecule has 4 nitrogen and oxygen atoms in total. The van der Waals surface area contributed by atoms with E-state index in [0.717, 1.165) is 3.57 Å². The van der Waals surface area contributed by atoms with Gasteiger partial charge in [-0.3, -0.25) is 0 Å². The average molecular weight is 396 g/mol. The normalized spacial score (nSPS) is 18.7. The molecule has 0 bridgehead atoms. The summed E-state index contributed by atoms with van der Waals surface area (Å²) < 4.78 is 27.5. The number of hydrogen-bond donors (Lipinski definition) is 1. The largest absolute Gasteiger partial charge is 0.478 e. The van der Waals surface area contributed by atoms with Gasteiger partial charge in [-0.15, -0.1) is 0 Å². The summed E-state index contributed by atoms with van der Waals surface area (Å²) in [6.07, 6.45) is -0.0905. The van der Waals surface area contributed by atoms with Crippen molar-refractivity contribution in [1.29, 1.82) is 0 Å². The smallest absolute Gasteiger partial charge is 0.339 e. The number of aromatic carboxylic acids is 1. The molecule has 0 aliphatic carbocycles. The van der Waals surface area contributed by atoms with Crippen LogP contribution in [0.25, 0.3) is 0 Å². The zero-order valence-corrected chi connectivity index (χ0v) is 13.2. The molecule has 1 aromatic heterocycles. The van der Waals surface area contributed by atoms with Gasteiger partial charge in [0.15, 0.2) is 0 Å². The molecule has 0 aromatic carbocycles. The summed E-state index contributed by atoms with van der Waals surface area (Å²) in [7, 11) is 0. The van der Waals surface area contributed by atoms with Gasteiger partial charge in [0.1, 0.15) is 11.4 Å². The molecule has 0 unspecified atom stereocenters. The molecular weight excluding hydrogens is 381 g/mol. The van der Waals surface area contributed by atoms with Gasteiger partial charge in [-0.25, -0.2) is 18.6 Å². The molecule has 1 fully saturated rings. The molecule has 1 saturated heterocycles. The molecule has 0 atom stereocenters. The van der Waals surface area contributed by atoms with Crippen LogP contribution in [0.4, 0.5) is 14.6 Å². The van der Waals surface area contributed by atoms with Gasteiger partial charge >= 0.3 is 5.97 Å². The fourth-order valence-electron chi connectivity index (χ4n) is 2.24. The maximum atomic E-state index is 13.4. The Bertz CT molecular complexity index is 537. The molecule has 0 saturated carbocycles. The van der Waals surface area contributed by atoms with E-state index in [1.54, 1.807) is 17.9 Å². The second-order valence-corrected chi connectivity index (χ2v) is 6.09. The third-order valence-corrected chi connectivity index (χ3v) is 4.47. The van der Waals surface area contributed by atoms with Crippen LogP contribution in [0.5, 0.6) is 0 Å². The molecule has 0 radical (unpaired) electrons. The molecule has 110 valence electrons. The van der Waals surface area contributed by atoms with Gasteiger partial charge in [0.05, 0.1) is 5.69 Å². The van der Waals surface area contributed by atoms with Crippen molar-refractivity contribution in [3.8, 4) is 0 Å². The number of aryl methyl sites for hydroxylation is 1. The summed E-state index contributed by atoms with van der Waals surface area (Å²) in [5, 5.41) is 9.27. The molecule has 0 amide bonds. The monoisotopic (exact) mass is 396 g/mol. The molecule has 1 N–H and O–H groups in total. The number of carbonyl (C=O) groups is 1. The fourth-order valence-corrected chi connectivity index (χ4v) is 2.67. The number of aromatic nitrogens is 1. The Labute approximate surface area is 129 Å². The Morgan fingerprint density at radius 2 is 2.15 bits per heavy atom. The summed E-state index contributed by atoms with van der Waals surface area (Å²) in [4.78, 5) is 17.3. The van der Waals surface area contributed by atoms with Gasteiger partial charge in [-0.05, 0) is 42.0 Å². The lowest BCUT2D eigenvalue weighted by atomic mass is 10.1. The number of carboxylic acid groups (broad SMARTS) is 1. The Balaban J connectivity index is 2.36. The fraction of sp³-hybridized carbons (Fsp3) is 0.538. The van der Waals surface area contributed by atoms with E-state index < -0.39 is 11.9 Å². The van der Waals surface area contributed by atoms with E-state index in [-0.39, 0.29) is 24.9 Å². The lowest BCUT2D eigenvalue weighted by Gasteiger charge is -2.24. The quantitative estimate of drug-likeness (QED) is 0.780. The Kier molecular flexibility index (Phi) is 4.46. The van der Waals surface area contributed by atoms with Crippen LogP contribution in [0.1, 0.15) is 35.3 Å². The first kappa shape index (κ1) is 15.4. The van der Waals surface area contributed by atoms with E-state index >= 15 is 0 Å². The third kappa shape index (κ3) is 3.36. The van der Waals surface area contributed by atoms with Crippen molar-refractivity contribution in [2.75, 3.05) is 18.0 Å². The minimum atomic E-state index is -2.67. The van der Waals surface area contributed by atoms with Crippen molar-refractivity contribution in [3.05, 3.63) is 20.9 Å². The van der Waals surface area contributed by atoms with E-state index in [4.69, 9.17) is 0 Å². The topological polar surface area (TPSA) is 53.4 Å². The third-order valence-electron chi connectivity index (χ3n) is 3.38. The van der Waals surface area contributed by atoms with Crippen LogP contribution in [0.3, 0.4) is 0 Å². The van der Waals surface area contributed by atoms with Gasteiger partial charge in [0.2, 0.25) is 5.92 Å². The Morgan fingerprint density at radius 3 is 2.80 bits per heavy atom. The van der Waals surface area contributed by atoms with E-state index in [2.05, 4.69) is 4.98 Å². The van der Waals surface area contributed by atoms with Crippen LogP contribution in [-0.4, -0.2) is 35.1 Å². The lowest BCUT2D eigenvalue weighted by molar-refractivity contribution is -0.0102. The Morgan fingerprint density at radius 1 is 1.45 bits per heavy atom. The first-order chi connectivity index (χ1) is 9.30. The molecule has 1 aliphatic rings. The first-order valence-electron chi connectivity index (χ1n) is 6.33. The van der Waals surface area contributed by atoms with Gasteiger partial charge in [-0.1, -0.05) is 0 Å². The maximum absolute atomic E-state index is 13.4. The van der Waals surface area contributed by atoms with Crippen LogP contribution < -0.4 is 4.90 Å². The van der Waals surface area contributed by atoms with Crippen LogP contribution in [0, 0.1) is 10.5 Å². The Hall–Kier alpha value is -0.990. The zero-order valence-electron chi connectivity index (χ0n) is 11.0. The summed E-state index contributed by atoms with van der Waals surface area (Å²) in [5.74, 6) is -3.45. The van der Waals surface area contributed by atoms with Crippen molar-refractivity contribution in [2.45, 2.75) is 32.1 Å². The molecule has 7 heteroatoms. The number of anilines is 1. The SMILES string of the molecule is Cc1nc(N2CCCC(F)(F)CC2)c(C(=O)O)cc1I. The molecule has 2 heterocycles. The van der Waals surface area contributed by atoms with Crippen LogP contribution >= 0.6 is 22.6 Å². The van der Waals surface area contributed by atoms with Crippen molar-refractivity contribution in [1.82, 2.24) is 4.98 Å². The number of rotatable bonds is 2. The second kappa shape index (κ2) is 5.79. The highest BCUT2D eigenvalue weighted by molar-refractivity contribution is 14.1. The standard InChI is InChI=1S/C13H15F2IN2O2/c1-8-10(16)7-9(12(19)20)11(17-8)18-5-2-3-13(14,15)4-6-18/h7H,2-6H2,1H3,(H,19,20). The highest BCUT2D eigenvalue weighted by Crippen LogP contribution is 2.31. The molecule has 20 heavy (non-hydrogen) atoms. The van der Waals surface area contributed by atoms with Crippen molar-refractivity contribution in [2.24, 2.45) is 0 Å². The predicted octanol–water partition coefficient (Wildman–Crippen LogP) is 3.32. The minimum Gasteiger partial charge on any atom is -0.478 e.